The highest BCUT2D eigenvalue weighted by molar-refractivity contribution is 5.06. The molecule has 0 amide bonds. The Morgan fingerprint density at radius 1 is 1.38 bits per heavy atom. The average Bonchev–Trinajstić information content (AvgIpc) is 2.56. The van der Waals surface area contributed by atoms with Gasteiger partial charge in [-0.3, -0.25) is 4.68 Å². The molecular weight excluding hydrogens is 198 g/mol. The van der Waals surface area contributed by atoms with Gasteiger partial charge < -0.3 is 5.32 Å². The molecule has 0 aliphatic rings. The average molecular weight is 219 g/mol. The summed E-state index contributed by atoms with van der Waals surface area (Å²) in [6.45, 7) is 9.02. The van der Waals surface area contributed by atoms with E-state index in [0.717, 1.165) is 38.2 Å². The van der Waals surface area contributed by atoms with Crippen molar-refractivity contribution in [3.8, 4) is 11.8 Å². The van der Waals surface area contributed by atoms with Crippen LogP contribution in [0, 0.1) is 25.7 Å². The second kappa shape index (κ2) is 7.08. The normalized spacial score (nSPS) is 9.94. The van der Waals surface area contributed by atoms with Crippen LogP contribution in [0.25, 0.3) is 0 Å². The minimum Gasteiger partial charge on any atom is -0.316 e. The first kappa shape index (κ1) is 12.8. The number of aromatic nitrogens is 2. The highest BCUT2D eigenvalue weighted by Crippen LogP contribution is 2.01. The van der Waals surface area contributed by atoms with Gasteiger partial charge in [0.1, 0.15) is 0 Å². The van der Waals surface area contributed by atoms with Crippen LogP contribution in [0.4, 0.5) is 0 Å². The zero-order chi connectivity index (χ0) is 11.8. The first-order chi connectivity index (χ1) is 7.74. The molecular formula is C13H21N3. The van der Waals surface area contributed by atoms with Gasteiger partial charge in [-0.1, -0.05) is 0 Å². The van der Waals surface area contributed by atoms with Gasteiger partial charge in [-0.25, -0.2) is 0 Å². The lowest BCUT2D eigenvalue weighted by molar-refractivity contribution is 0.535. The van der Waals surface area contributed by atoms with Gasteiger partial charge in [0, 0.05) is 25.2 Å². The third kappa shape index (κ3) is 4.50. The molecule has 1 aromatic heterocycles. The molecule has 0 fully saturated rings. The molecule has 88 valence electrons. The molecule has 0 atom stereocenters. The van der Waals surface area contributed by atoms with Crippen molar-refractivity contribution in [2.75, 3.05) is 13.1 Å². The molecule has 0 saturated carbocycles. The maximum atomic E-state index is 4.42. The van der Waals surface area contributed by atoms with E-state index >= 15 is 0 Å². The van der Waals surface area contributed by atoms with Gasteiger partial charge in [0.15, 0.2) is 0 Å². The van der Waals surface area contributed by atoms with Crippen molar-refractivity contribution in [1.29, 1.82) is 0 Å². The molecule has 3 heteroatoms. The summed E-state index contributed by atoms with van der Waals surface area (Å²) in [6, 6.07) is 2.12. The molecule has 0 spiro atoms. The lowest BCUT2D eigenvalue weighted by Crippen LogP contribution is -2.18. The second-order valence-corrected chi connectivity index (χ2v) is 3.93. The molecule has 0 bridgehead atoms. The van der Waals surface area contributed by atoms with E-state index in [1.165, 1.54) is 5.69 Å². The van der Waals surface area contributed by atoms with Crippen LogP contribution in [0.3, 0.4) is 0 Å². The molecule has 0 aliphatic heterocycles. The number of hydrogen-bond donors (Lipinski definition) is 1. The van der Waals surface area contributed by atoms with Crippen molar-refractivity contribution >= 4 is 0 Å². The Hall–Kier alpha value is -1.27. The number of hydrogen-bond acceptors (Lipinski definition) is 2. The van der Waals surface area contributed by atoms with Crippen molar-refractivity contribution in [2.45, 2.75) is 40.2 Å². The standard InChI is InChI=1S/C13H21N3/c1-4-5-6-8-14-9-7-10-16-13(3)11-12(2)15-16/h11,14H,6-10H2,1-3H3. The van der Waals surface area contributed by atoms with Gasteiger partial charge in [0.2, 0.25) is 0 Å². The maximum absolute atomic E-state index is 4.42. The highest BCUT2D eigenvalue weighted by atomic mass is 15.3. The molecule has 0 saturated heterocycles. The lowest BCUT2D eigenvalue weighted by Gasteiger charge is -2.05. The van der Waals surface area contributed by atoms with E-state index in [1.807, 2.05) is 13.8 Å². The molecule has 1 rings (SSSR count). The number of nitrogens with zero attached hydrogens (tertiary/aromatic N) is 2. The van der Waals surface area contributed by atoms with E-state index in [0.29, 0.717) is 0 Å². The first-order valence-corrected chi connectivity index (χ1v) is 5.85. The smallest absolute Gasteiger partial charge is 0.0596 e. The first-order valence-electron chi connectivity index (χ1n) is 5.85. The molecule has 0 aliphatic carbocycles. The van der Waals surface area contributed by atoms with E-state index in [2.05, 4.69) is 39.9 Å². The predicted molar refractivity (Wildman–Crippen MR) is 67.3 cm³/mol. The van der Waals surface area contributed by atoms with Gasteiger partial charge in [0.05, 0.1) is 5.69 Å². The Morgan fingerprint density at radius 2 is 2.19 bits per heavy atom. The van der Waals surface area contributed by atoms with E-state index in [9.17, 15) is 0 Å². The number of aryl methyl sites for hydroxylation is 3. The van der Waals surface area contributed by atoms with Crippen molar-refractivity contribution in [3.63, 3.8) is 0 Å². The van der Waals surface area contributed by atoms with Gasteiger partial charge in [0.25, 0.3) is 0 Å². The third-order valence-corrected chi connectivity index (χ3v) is 2.43. The van der Waals surface area contributed by atoms with Crippen LogP contribution in [0.5, 0.6) is 0 Å². The maximum Gasteiger partial charge on any atom is 0.0596 e. The number of nitrogens with one attached hydrogen (secondary N) is 1. The van der Waals surface area contributed by atoms with Gasteiger partial charge in [-0.05, 0) is 39.8 Å². The van der Waals surface area contributed by atoms with Gasteiger partial charge in [-0.15, -0.1) is 11.8 Å². The second-order valence-electron chi connectivity index (χ2n) is 3.93. The van der Waals surface area contributed by atoms with E-state index in [-0.39, 0.29) is 0 Å². The summed E-state index contributed by atoms with van der Waals surface area (Å²) in [5.74, 6) is 5.93. The van der Waals surface area contributed by atoms with Crippen molar-refractivity contribution in [3.05, 3.63) is 17.5 Å². The summed E-state index contributed by atoms with van der Waals surface area (Å²) in [4.78, 5) is 0. The number of rotatable bonds is 6. The SMILES string of the molecule is CC#CCCNCCCn1nc(C)cc1C. The molecule has 1 N–H and O–H groups in total. The summed E-state index contributed by atoms with van der Waals surface area (Å²) >= 11 is 0. The Morgan fingerprint density at radius 3 is 2.81 bits per heavy atom. The minimum atomic E-state index is 0.941. The Kier molecular flexibility index (Phi) is 5.66. The van der Waals surface area contributed by atoms with Crippen LogP contribution in [-0.2, 0) is 6.54 Å². The third-order valence-electron chi connectivity index (χ3n) is 2.43. The molecule has 0 aromatic carbocycles. The van der Waals surface area contributed by atoms with Crippen LogP contribution in [-0.4, -0.2) is 22.9 Å². The topological polar surface area (TPSA) is 29.9 Å². The van der Waals surface area contributed by atoms with Crippen molar-refractivity contribution in [1.82, 2.24) is 15.1 Å². The summed E-state index contributed by atoms with van der Waals surface area (Å²) in [7, 11) is 0. The van der Waals surface area contributed by atoms with Gasteiger partial charge in [-0.2, -0.15) is 5.10 Å². The Bertz CT molecular complexity index is 368. The van der Waals surface area contributed by atoms with E-state index in [1.54, 1.807) is 0 Å². The summed E-state index contributed by atoms with van der Waals surface area (Å²) in [5, 5.41) is 7.80. The molecule has 3 nitrogen and oxygen atoms in total. The minimum absolute atomic E-state index is 0.941. The van der Waals surface area contributed by atoms with Crippen LogP contribution >= 0.6 is 0 Å². The fourth-order valence-electron chi connectivity index (χ4n) is 1.66. The van der Waals surface area contributed by atoms with Crippen LogP contribution < -0.4 is 5.32 Å². The predicted octanol–water partition coefficient (Wildman–Crippen LogP) is 1.89. The highest BCUT2D eigenvalue weighted by Gasteiger charge is 1.99. The van der Waals surface area contributed by atoms with Crippen molar-refractivity contribution in [2.24, 2.45) is 0 Å². The summed E-state index contributed by atoms with van der Waals surface area (Å²) in [5.41, 5.74) is 2.35. The van der Waals surface area contributed by atoms with Gasteiger partial charge >= 0.3 is 0 Å². The largest absolute Gasteiger partial charge is 0.316 e. The zero-order valence-electron chi connectivity index (χ0n) is 10.5. The molecule has 1 aromatic rings. The molecule has 0 radical (unpaired) electrons. The Balaban J connectivity index is 2.11. The summed E-state index contributed by atoms with van der Waals surface area (Å²) in [6.07, 6.45) is 2.05. The fourth-order valence-corrected chi connectivity index (χ4v) is 1.66. The lowest BCUT2D eigenvalue weighted by atomic mass is 10.3. The van der Waals surface area contributed by atoms with Crippen LogP contribution in [0.15, 0.2) is 6.07 Å². The fraction of sp³-hybridized carbons (Fsp3) is 0.615. The van der Waals surface area contributed by atoms with E-state index in [4.69, 9.17) is 0 Å². The quantitative estimate of drug-likeness (QED) is 0.585. The van der Waals surface area contributed by atoms with Crippen LogP contribution in [0.1, 0.15) is 31.2 Å². The van der Waals surface area contributed by atoms with E-state index < -0.39 is 0 Å². The molecule has 0 unspecified atom stereocenters. The summed E-state index contributed by atoms with van der Waals surface area (Å²) < 4.78 is 2.07. The zero-order valence-corrected chi connectivity index (χ0v) is 10.5. The monoisotopic (exact) mass is 219 g/mol. The molecule has 16 heavy (non-hydrogen) atoms. The van der Waals surface area contributed by atoms with Crippen LogP contribution in [0.2, 0.25) is 0 Å². The molecule has 1 heterocycles. The van der Waals surface area contributed by atoms with Crippen molar-refractivity contribution < 1.29 is 0 Å². The Labute approximate surface area is 98.2 Å².